The molecule has 0 aliphatic carbocycles. The molecule has 2 amide bonds. The van der Waals surface area contributed by atoms with Crippen LogP contribution in [0.2, 0.25) is 0 Å². The van der Waals surface area contributed by atoms with Crippen molar-refractivity contribution in [3.05, 3.63) is 89.2 Å². The van der Waals surface area contributed by atoms with Crippen molar-refractivity contribution >= 4 is 40.3 Å². The molecule has 1 atom stereocenters. The van der Waals surface area contributed by atoms with E-state index in [1.165, 1.54) is 28.8 Å². The SMILES string of the molecule is O=C(C[C@@H]1N=C2c3ccccc3N=C(SCc3cccc(F)c3)N2C1=O)NCc1ccc2c(c1)OCO2. The van der Waals surface area contributed by atoms with E-state index in [0.717, 1.165) is 16.7 Å². The zero-order valence-corrected chi connectivity index (χ0v) is 20.3. The number of ether oxygens (including phenoxy) is 2. The van der Waals surface area contributed by atoms with Crippen LogP contribution in [0.1, 0.15) is 23.1 Å². The molecular weight excluding hydrogens is 495 g/mol. The lowest BCUT2D eigenvalue weighted by Gasteiger charge is -2.25. The Bertz CT molecular complexity index is 1470. The van der Waals surface area contributed by atoms with Crippen LogP contribution in [-0.2, 0) is 21.9 Å². The number of halogens is 1. The molecule has 0 unspecified atom stereocenters. The number of nitrogens with zero attached hydrogens (tertiary/aromatic N) is 3. The van der Waals surface area contributed by atoms with Crippen LogP contribution >= 0.6 is 11.8 Å². The lowest BCUT2D eigenvalue weighted by molar-refractivity contribution is -0.128. The molecule has 0 spiro atoms. The van der Waals surface area contributed by atoms with E-state index in [2.05, 4.69) is 15.3 Å². The Balaban J connectivity index is 1.17. The number of hydrogen-bond acceptors (Lipinski definition) is 7. The zero-order chi connectivity index (χ0) is 25.4. The minimum atomic E-state index is -0.863. The third-order valence-corrected chi connectivity index (χ3v) is 7.12. The number of carbonyl (C=O) groups is 2. The summed E-state index contributed by atoms with van der Waals surface area (Å²) in [6.45, 7) is 0.469. The summed E-state index contributed by atoms with van der Waals surface area (Å²) in [6.07, 6.45) is -0.0899. The first-order valence-electron chi connectivity index (χ1n) is 11.7. The maximum Gasteiger partial charge on any atom is 0.259 e. The third kappa shape index (κ3) is 4.67. The van der Waals surface area contributed by atoms with Gasteiger partial charge in [0.1, 0.15) is 17.7 Å². The van der Waals surface area contributed by atoms with Crippen LogP contribution < -0.4 is 14.8 Å². The van der Waals surface area contributed by atoms with Crippen molar-refractivity contribution in [2.75, 3.05) is 6.79 Å². The van der Waals surface area contributed by atoms with Gasteiger partial charge in [0.05, 0.1) is 12.1 Å². The quantitative estimate of drug-likeness (QED) is 0.531. The van der Waals surface area contributed by atoms with E-state index >= 15 is 0 Å². The van der Waals surface area contributed by atoms with E-state index < -0.39 is 6.04 Å². The average molecular weight is 517 g/mol. The molecule has 8 nitrogen and oxygen atoms in total. The van der Waals surface area contributed by atoms with Gasteiger partial charge in [-0.3, -0.25) is 14.6 Å². The molecule has 186 valence electrons. The fourth-order valence-corrected chi connectivity index (χ4v) is 5.25. The van der Waals surface area contributed by atoms with Crippen LogP contribution in [0.25, 0.3) is 0 Å². The Morgan fingerprint density at radius 3 is 2.81 bits per heavy atom. The first kappa shape index (κ1) is 23.2. The normalized spacial score (nSPS) is 17.2. The number of nitrogens with one attached hydrogen (secondary N) is 1. The molecule has 1 N–H and O–H groups in total. The van der Waals surface area contributed by atoms with Gasteiger partial charge in [-0.25, -0.2) is 14.3 Å². The highest BCUT2D eigenvalue weighted by Gasteiger charge is 2.42. The van der Waals surface area contributed by atoms with Gasteiger partial charge in [0, 0.05) is 17.9 Å². The van der Waals surface area contributed by atoms with Crippen LogP contribution in [0.4, 0.5) is 10.1 Å². The zero-order valence-electron chi connectivity index (χ0n) is 19.5. The number of amidine groups is 2. The lowest BCUT2D eigenvalue weighted by atomic mass is 10.1. The van der Waals surface area contributed by atoms with Gasteiger partial charge in [0.25, 0.3) is 5.91 Å². The molecule has 0 aromatic heterocycles. The number of rotatable bonds is 6. The molecule has 3 aromatic carbocycles. The number of fused-ring (bicyclic) bond motifs is 4. The molecule has 3 aliphatic rings. The Kier molecular flexibility index (Phi) is 6.09. The summed E-state index contributed by atoms with van der Waals surface area (Å²) in [7, 11) is 0. The monoisotopic (exact) mass is 516 g/mol. The number of aliphatic imine (C=N–C) groups is 2. The minimum Gasteiger partial charge on any atom is -0.454 e. The molecule has 3 heterocycles. The average Bonchev–Trinajstić information content (AvgIpc) is 3.50. The predicted molar refractivity (Wildman–Crippen MR) is 137 cm³/mol. The van der Waals surface area contributed by atoms with Gasteiger partial charge in [-0.15, -0.1) is 0 Å². The topological polar surface area (TPSA) is 92.6 Å². The Hall–Kier alpha value is -4.18. The van der Waals surface area contributed by atoms with Crippen molar-refractivity contribution in [2.45, 2.75) is 24.8 Å². The second-order valence-corrected chi connectivity index (χ2v) is 9.58. The molecule has 6 rings (SSSR count). The van der Waals surface area contributed by atoms with Crippen LogP contribution in [0.5, 0.6) is 11.5 Å². The van der Waals surface area contributed by atoms with Gasteiger partial charge in [0.15, 0.2) is 16.7 Å². The first-order chi connectivity index (χ1) is 18.0. The third-order valence-electron chi connectivity index (χ3n) is 6.11. The molecule has 0 bridgehead atoms. The van der Waals surface area contributed by atoms with E-state index in [1.54, 1.807) is 12.1 Å². The van der Waals surface area contributed by atoms with Crippen LogP contribution in [0.15, 0.2) is 76.7 Å². The highest BCUT2D eigenvalue weighted by atomic mass is 32.2. The summed E-state index contributed by atoms with van der Waals surface area (Å²) in [5.74, 6) is 1.30. The molecule has 37 heavy (non-hydrogen) atoms. The molecule has 10 heteroatoms. The fraction of sp³-hybridized carbons (Fsp3) is 0.185. The van der Waals surface area contributed by atoms with Crippen molar-refractivity contribution in [2.24, 2.45) is 9.98 Å². The molecule has 0 saturated carbocycles. The summed E-state index contributed by atoms with van der Waals surface area (Å²) in [4.78, 5) is 37.0. The molecule has 3 aromatic rings. The first-order valence-corrected chi connectivity index (χ1v) is 12.7. The van der Waals surface area contributed by atoms with Gasteiger partial charge in [0.2, 0.25) is 12.7 Å². The smallest absolute Gasteiger partial charge is 0.259 e. The van der Waals surface area contributed by atoms with E-state index in [0.29, 0.717) is 33.9 Å². The second kappa shape index (κ2) is 9.70. The molecule has 0 saturated heterocycles. The summed E-state index contributed by atoms with van der Waals surface area (Å²) in [5.41, 5.74) is 3.06. The standard InChI is InChI=1S/C27H21FN4O4S/c28-18-5-3-4-17(10-18)14-37-27-31-20-7-2-1-6-19(20)25-30-21(26(34)32(25)27)12-24(33)29-13-16-8-9-22-23(11-16)36-15-35-22/h1-11,21H,12-15H2,(H,29,33)/t21-/m0/s1. The highest BCUT2D eigenvalue weighted by molar-refractivity contribution is 8.13. The number of amides is 2. The lowest BCUT2D eigenvalue weighted by Crippen LogP contribution is -2.42. The highest BCUT2D eigenvalue weighted by Crippen LogP contribution is 2.35. The number of hydrogen-bond donors (Lipinski definition) is 1. The summed E-state index contributed by atoms with van der Waals surface area (Å²) in [5, 5.41) is 3.31. The summed E-state index contributed by atoms with van der Waals surface area (Å²) < 4.78 is 24.3. The number of carbonyl (C=O) groups excluding carboxylic acids is 2. The number of thioether (sulfide) groups is 1. The van der Waals surface area contributed by atoms with Crippen molar-refractivity contribution in [3.8, 4) is 11.5 Å². The van der Waals surface area contributed by atoms with Crippen molar-refractivity contribution < 1.29 is 23.5 Å². The van der Waals surface area contributed by atoms with Gasteiger partial charge in [-0.1, -0.05) is 42.1 Å². The summed E-state index contributed by atoms with van der Waals surface area (Å²) in [6, 6.07) is 18.4. The maximum atomic E-state index is 13.6. The van der Waals surface area contributed by atoms with Gasteiger partial charge >= 0.3 is 0 Å². The van der Waals surface area contributed by atoms with Crippen molar-refractivity contribution in [1.29, 1.82) is 0 Å². The molecule has 3 aliphatic heterocycles. The van der Waals surface area contributed by atoms with Crippen molar-refractivity contribution in [3.63, 3.8) is 0 Å². The summed E-state index contributed by atoms with van der Waals surface area (Å²) >= 11 is 1.33. The molecule has 0 radical (unpaired) electrons. The Morgan fingerprint density at radius 2 is 1.92 bits per heavy atom. The Morgan fingerprint density at radius 1 is 1.05 bits per heavy atom. The maximum absolute atomic E-state index is 13.6. The van der Waals surface area contributed by atoms with E-state index in [-0.39, 0.29) is 37.4 Å². The minimum absolute atomic E-state index is 0.0899. The Labute approximate surface area is 216 Å². The predicted octanol–water partition coefficient (Wildman–Crippen LogP) is 4.15. The fourth-order valence-electron chi connectivity index (χ4n) is 4.31. The number of para-hydroxylation sites is 1. The van der Waals surface area contributed by atoms with Crippen LogP contribution in [-0.4, -0.2) is 40.6 Å². The van der Waals surface area contributed by atoms with E-state index in [9.17, 15) is 14.0 Å². The number of benzene rings is 3. The largest absolute Gasteiger partial charge is 0.454 e. The molecule has 0 fully saturated rings. The van der Waals surface area contributed by atoms with Crippen molar-refractivity contribution in [1.82, 2.24) is 10.2 Å². The van der Waals surface area contributed by atoms with Crippen LogP contribution in [0, 0.1) is 5.82 Å². The molecular formula is C27H21FN4O4S. The second-order valence-electron chi connectivity index (χ2n) is 8.64. The van der Waals surface area contributed by atoms with Gasteiger partial charge < -0.3 is 14.8 Å². The van der Waals surface area contributed by atoms with Gasteiger partial charge in [-0.2, -0.15) is 0 Å². The van der Waals surface area contributed by atoms with Crippen LogP contribution in [0.3, 0.4) is 0 Å². The van der Waals surface area contributed by atoms with E-state index in [1.807, 2.05) is 42.5 Å². The van der Waals surface area contributed by atoms with E-state index in [4.69, 9.17) is 9.47 Å². The van der Waals surface area contributed by atoms with Gasteiger partial charge in [-0.05, 0) is 47.5 Å².